The summed E-state index contributed by atoms with van der Waals surface area (Å²) in [6, 6.07) is -0.582. The van der Waals surface area contributed by atoms with Crippen LogP contribution in [0.25, 0.3) is 0 Å². The van der Waals surface area contributed by atoms with Crippen LogP contribution in [0.5, 0.6) is 0 Å². The standard InChI is InChI=1S/C13H28N3O4PS/c1-5-19-21(20-6-2)10(3)16-12(17)9-15-13(18)11(14)7-8-22-4/h10-11H,5-9,14H2,1-4H3,(H,15,18)(H,16,17). The molecule has 0 bridgehead atoms. The number of nitrogens with two attached hydrogens (primary N) is 1. The van der Waals surface area contributed by atoms with Crippen molar-refractivity contribution in [3.8, 4) is 0 Å². The van der Waals surface area contributed by atoms with Crippen molar-refractivity contribution in [1.29, 1.82) is 0 Å². The van der Waals surface area contributed by atoms with Crippen LogP contribution in [0.4, 0.5) is 0 Å². The van der Waals surface area contributed by atoms with E-state index in [4.69, 9.17) is 14.8 Å². The van der Waals surface area contributed by atoms with Crippen LogP contribution in [0.15, 0.2) is 0 Å². The first-order valence-electron chi connectivity index (χ1n) is 7.32. The van der Waals surface area contributed by atoms with Crippen LogP contribution in [0.2, 0.25) is 0 Å². The van der Waals surface area contributed by atoms with Crippen molar-refractivity contribution in [2.24, 2.45) is 5.73 Å². The van der Waals surface area contributed by atoms with Gasteiger partial charge in [-0.25, -0.2) is 0 Å². The third-order valence-electron chi connectivity index (χ3n) is 2.59. The lowest BCUT2D eigenvalue weighted by atomic mass is 10.2. The molecule has 0 aliphatic carbocycles. The summed E-state index contributed by atoms with van der Waals surface area (Å²) in [5.41, 5.74) is 5.72. The normalized spacial score (nSPS) is 13.7. The highest BCUT2D eigenvalue weighted by Gasteiger charge is 2.21. The highest BCUT2D eigenvalue weighted by Crippen LogP contribution is 2.41. The van der Waals surface area contributed by atoms with Crippen LogP contribution in [0.3, 0.4) is 0 Å². The quantitative estimate of drug-likeness (QED) is 0.453. The van der Waals surface area contributed by atoms with E-state index in [0.717, 1.165) is 5.75 Å². The van der Waals surface area contributed by atoms with E-state index < -0.39 is 14.4 Å². The minimum atomic E-state index is -1.17. The second-order valence-electron chi connectivity index (χ2n) is 4.47. The molecule has 0 aromatic heterocycles. The lowest BCUT2D eigenvalue weighted by Gasteiger charge is -2.23. The van der Waals surface area contributed by atoms with Gasteiger partial charge in [0.2, 0.25) is 11.8 Å². The number of nitrogens with one attached hydrogen (secondary N) is 2. The molecule has 4 N–H and O–H groups in total. The summed E-state index contributed by atoms with van der Waals surface area (Å²) in [6.45, 7) is 6.51. The molecule has 0 radical (unpaired) electrons. The predicted octanol–water partition coefficient (Wildman–Crippen LogP) is 1.03. The minimum absolute atomic E-state index is 0.0996. The Balaban J connectivity index is 4.13. The van der Waals surface area contributed by atoms with Gasteiger partial charge in [0.15, 0.2) is 8.38 Å². The molecule has 130 valence electrons. The van der Waals surface area contributed by atoms with Crippen molar-refractivity contribution in [2.45, 2.75) is 39.0 Å². The summed E-state index contributed by atoms with van der Waals surface area (Å²) < 4.78 is 10.9. The number of hydrogen-bond acceptors (Lipinski definition) is 6. The monoisotopic (exact) mass is 353 g/mol. The molecule has 0 fully saturated rings. The molecule has 22 heavy (non-hydrogen) atoms. The van der Waals surface area contributed by atoms with E-state index >= 15 is 0 Å². The number of rotatable bonds is 12. The molecule has 7 nitrogen and oxygen atoms in total. The SMILES string of the molecule is CCOP(OCC)C(C)NC(=O)CNC(=O)C(N)CCSC. The van der Waals surface area contributed by atoms with Crippen molar-refractivity contribution < 1.29 is 18.6 Å². The van der Waals surface area contributed by atoms with E-state index in [9.17, 15) is 9.59 Å². The van der Waals surface area contributed by atoms with Crippen LogP contribution in [0.1, 0.15) is 27.2 Å². The Morgan fingerprint density at radius 3 is 2.36 bits per heavy atom. The predicted molar refractivity (Wildman–Crippen MR) is 91.8 cm³/mol. The number of thioether (sulfide) groups is 1. The van der Waals surface area contributed by atoms with Gasteiger partial charge >= 0.3 is 0 Å². The number of carbonyl (C=O) groups excluding carboxylic acids is 2. The summed E-state index contributed by atoms with van der Waals surface area (Å²) in [4.78, 5) is 23.5. The number of amides is 2. The zero-order valence-electron chi connectivity index (χ0n) is 13.8. The molecule has 9 heteroatoms. The largest absolute Gasteiger partial charge is 0.346 e. The first kappa shape index (κ1) is 21.6. The van der Waals surface area contributed by atoms with Gasteiger partial charge in [-0.05, 0) is 39.2 Å². The van der Waals surface area contributed by atoms with Crippen molar-refractivity contribution in [1.82, 2.24) is 10.6 Å². The van der Waals surface area contributed by atoms with E-state index in [1.54, 1.807) is 11.8 Å². The molecule has 2 unspecified atom stereocenters. The topological polar surface area (TPSA) is 103 Å². The molecule has 0 aromatic carbocycles. The average molecular weight is 353 g/mol. The van der Waals surface area contributed by atoms with Crippen LogP contribution in [-0.2, 0) is 18.6 Å². The zero-order chi connectivity index (χ0) is 17.0. The van der Waals surface area contributed by atoms with Crippen molar-refractivity contribution in [2.75, 3.05) is 31.8 Å². The molecule has 0 rings (SSSR count). The Morgan fingerprint density at radius 1 is 1.27 bits per heavy atom. The van der Waals surface area contributed by atoms with E-state index in [-0.39, 0.29) is 24.1 Å². The van der Waals surface area contributed by atoms with Gasteiger partial charge in [0, 0.05) is 0 Å². The van der Waals surface area contributed by atoms with Gasteiger partial charge in [-0.2, -0.15) is 11.8 Å². The second kappa shape index (κ2) is 13.1. The minimum Gasteiger partial charge on any atom is -0.346 e. The maximum absolute atomic E-state index is 11.8. The molecule has 2 amide bonds. The highest BCUT2D eigenvalue weighted by molar-refractivity contribution is 7.98. The number of hydrogen-bond donors (Lipinski definition) is 3. The maximum atomic E-state index is 11.8. The van der Waals surface area contributed by atoms with Crippen molar-refractivity contribution in [3.63, 3.8) is 0 Å². The molecular weight excluding hydrogens is 325 g/mol. The molecular formula is C13H28N3O4PS. The van der Waals surface area contributed by atoms with E-state index in [0.29, 0.717) is 19.6 Å². The molecule has 0 aromatic rings. The van der Waals surface area contributed by atoms with Gasteiger partial charge in [0.1, 0.15) is 0 Å². The first-order valence-corrected chi connectivity index (χ1v) is 9.96. The lowest BCUT2D eigenvalue weighted by Crippen LogP contribution is -2.46. The Morgan fingerprint density at radius 2 is 1.86 bits per heavy atom. The van der Waals surface area contributed by atoms with Gasteiger partial charge < -0.3 is 25.4 Å². The van der Waals surface area contributed by atoms with Crippen LogP contribution < -0.4 is 16.4 Å². The molecule has 2 atom stereocenters. The van der Waals surface area contributed by atoms with Gasteiger partial charge in [-0.1, -0.05) is 0 Å². The van der Waals surface area contributed by atoms with Crippen LogP contribution in [0, 0.1) is 0 Å². The molecule has 0 aliphatic rings. The summed E-state index contributed by atoms with van der Waals surface area (Å²) in [6.07, 6.45) is 2.54. The van der Waals surface area contributed by atoms with E-state index in [2.05, 4.69) is 10.6 Å². The fourth-order valence-corrected chi connectivity index (χ4v) is 3.30. The Bertz CT molecular complexity index is 330. The Kier molecular flexibility index (Phi) is 12.8. The van der Waals surface area contributed by atoms with Crippen LogP contribution >= 0.6 is 20.1 Å². The molecule has 0 saturated carbocycles. The van der Waals surface area contributed by atoms with Gasteiger partial charge in [0.25, 0.3) is 0 Å². The highest BCUT2D eigenvalue weighted by atomic mass is 32.2. The average Bonchev–Trinajstić information content (AvgIpc) is 2.49. The molecule has 0 spiro atoms. The molecule has 0 aliphatic heterocycles. The first-order chi connectivity index (χ1) is 10.5. The Labute approximate surface area is 138 Å². The smallest absolute Gasteiger partial charge is 0.240 e. The second-order valence-corrected chi connectivity index (χ2v) is 7.32. The summed E-state index contributed by atoms with van der Waals surface area (Å²) in [7, 11) is -1.17. The third-order valence-corrected chi connectivity index (χ3v) is 5.02. The summed E-state index contributed by atoms with van der Waals surface area (Å²) >= 11 is 1.63. The maximum Gasteiger partial charge on any atom is 0.240 e. The molecule has 0 saturated heterocycles. The van der Waals surface area contributed by atoms with Gasteiger partial charge in [0.05, 0.1) is 31.6 Å². The summed E-state index contributed by atoms with van der Waals surface area (Å²) in [5.74, 6) is -0.0341. The molecule has 0 heterocycles. The third kappa shape index (κ3) is 9.58. The Hall–Kier alpha value is -0.400. The van der Waals surface area contributed by atoms with Gasteiger partial charge in [-0.15, -0.1) is 0 Å². The van der Waals surface area contributed by atoms with Crippen molar-refractivity contribution >= 4 is 32.0 Å². The fraction of sp³-hybridized carbons (Fsp3) is 0.846. The fourth-order valence-electron chi connectivity index (χ4n) is 1.53. The van der Waals surface area contributed by atoms with Gasteiger partial charge in [-0.3, -0.25) is 9.59 Å². The van der Waals surface area contributed by atoms with Crippen molar-refractivity contribution in [3.05, 3.63) is 0 Å². The van der Waals surface area contributed by atoms with E-state index in [1.807, 2.05) is 27.0 Å². The number of carbonyl (C=O) groups is 2. The van der Waals surface area contributed by atoms with Crippen LogP contribution in [-0.4, -0.2) is 55.4 Å². The zero-order valence-corrected chi connectivity index (χ0v) is 15.5. The van der Waals surface area contributed by atoms with E-state index in [1.165, 1.54) is 0 Å². The lowest BCUT2D eigenvalue weighted by molar-refractivity contribution is -0.126. The summed E-state index contributed by atoms with van der Waals surface area (Å²) in [5, 5.41) is 5.31.